The van der Waals surface area contributed by atoms with Crippen LogP contribution in [0, 0.1) is 5.92 Å². The van der Waals surface area contributed by atoms with Crippen molar-refractivity contribution < 1.29 is 22.7 Å². The van der Waals surface area contributed by atoms with Crippen LogP contribution in [0.1, 0.15) is 48.5 Å². The van der Waals surface area contributed by atoms with Gasteiger partial charge in [-0.3, -0.25) is 9.59 Å². The van der Waals surface area contributed by atoms with E-state index < -0.39 is 21.9 Å². The predicted molar refractivity (Wildman–Crippen MR) is 124 cm³/mol. The van der Waals surface area contributed by atoms with Gasteiger partial charge in [-0.1, -0.05) is 67.4 Å². The molecule has 172 valence electrons. The van der Waals surface area contributed by atoms with Gasteiger partial charge in [-0.2, -0.15) is 4.31 Å². The van der Waals surface area contributed by atoms with Gasteiger partial charge in [0.15, 0.2) is 12.4 Å². The fourth-order valence-corrected chi connectivity index (χ4v) is 6.14. The van der Waals surface area contributed by atoms with Crippen molar-refractivity contribution in [3.63, 3.8) is 0 Å². The number of sulfonamides is 1. The average molecular weight is 498 g/mol. The maximum absolute atomic E-state index is 12.9. The van der Waals surface area contributed by atoms with Crippen molar-refractivity contribution in [3.05, 3.63) is 63.6 Å². The zero-order valence-corrected chi connectivity index (χ0v) is 20.2. The second-order valence-electron chi connectivity index (χ2n) is 8.04. The molecule has 1 aliphatic rings. The molecule has 9 heteroatoms. The molecule has 1 fully saturated rings. The summed E-state index contributed by atoms with van der Waals surface area (Å²) in [5.41, 5.74) is 1.61. The van der Waals surface area contributed by atoms with Crippen LogP contribution in [0.4, 0.5) is 0 Å². The Kier molecular flexibility index (Phi) is 7.98. The van der Waals surface area contributed by atoms with Crippen molar-refractivity contribution in [2.24, 2.45) is 5.92 Å². The number of hydrogen-bond donors (Lipinski definition) is 0. The Labute approximate surface area is 198 Å². The molecular formula is C23H25Cl2NO5S. The first-order valence-electron chi connectivity index (χ1n) is 10.3. The lowest BCUT2D eigenvalue weighted by Gasteiger charge is -2.30. The summed E-state index contributed by atoms with van der Waals surface area (Å²) in [4.78, 5) is 24.6. The maximum Gasteiger partial charge on any atom is 0.309 e. The van der Waals surface area contributed by atoms with E-state index in [1.807, 2.05) is 12.1 Å². The zero-order chi connectivity index (χ0) is 23.5. The van der Waals surface area contributed by atoms with E-state index in [4.69, 9.17) is 27.9 Å². The Morgan fingerprint density at radius 2 is 1.59 bits per heavy atom. The lowest BCUT2D eigenvalue weighted by atomic mass is 9.98. The van der Waals surface area contributed by atoms with Crippen LogP contribution in [0.3, 0.4) is 0 Å². The smallest absolute Gasteiger partial charge is 0.309 e. The van der Waals surface area contributed by atoms with E-state index in [0.717, 1.165) is 5.56 Å². The van der Waals surface area contributed by atoms with Crippen LogP contribution < -0.4 is 0 Å². The van der Waals surface area contributed by atoms with Crippen molar-refractivity contribution >= 4 is 45.0 Å². The third-order valence-electron chi connectivity index (χ3n) is 5.55. The van der Waals surface area contributed by atoms with Crippen molar-refractivity contribution in [2.75, 3.05) is 19.7 Å². The number of benzene rings is 2. The first-order valence-corrected chi connectivity index (χ1v) is 12.5. The fourth-order valence-electron chi connectivity index (χ4n) is 3.58. The maximum atomic E-state index is 12.9. The summed E-state index contributed by atoms with van der Waals surface area (Å²) in [6, 6.07) is 11.8. The van der Waals surface area contributed by atoms with Crippen LogP contribution in [0.15, 0.2) is 47.4 Å². The van der Waals surface area contributed by atoms with Gasteiger partial charge in [-0.15, -0.1) is 0 Å². The minimum Gasteiger partial charge on any atom is -0.457 e. The summed E-state index contributed by atoms with van der Waals surface area (Å²) < 4.78 is 32.4. The van der Waals surface area contributed by atoms with E-state index in [1.54, 1.807) is 18.2 Å². The van der Waals surface area contributed by atoms with Gasteiger partial charge in [0.05, 0.1) is 16.0 Å². The molecule has 0 radical (unpaired) electrons. The molecule has 3 rings (SSSR count). The zero-order valence-electron chi connectivity index (χ0n) is 17.9. The van der Waals surface area contributed by atoms with Crippen LogP contribution in [-0.2, 0) is 19.6 Å². The van der Waals surface area contributed by atoms with Crippen LogP contribution in [-0.4, -0.2) is 44.2 Å². The standard InChI is InChI=1S/C23H25Cl2NO5S/c1-15(2)16-6-8-17(9-7-16)21(27)14-31-23(28)18-10-12-26(13-11-18)32(29,30)22-19(24)4-3-5-20(22)25/h3-9,15,18H,10-14H2,1-2H3. The molecule has 0 atom stereocenters. The normalized spacial score (nSPS) is 15.7. The second kappa shape index (κ2) is 10.3. The number of esters is 1. The Morgan fingerprint density at radius 1 is 1.03 bits per heavy atom. The minimum absolute atomic E-state index is 0.0546. The Hall–Kier alpha value is -1.93. The van der Waals surface area contributed by atoms with E-state index in [9.17, 15) is 18.0 Å². The second-order valence-corrected chi connectivity index (χ2v) is 10.7. The van der Waals surface area contributed by atoms with Gasteiger partial charge in [-0.25, -0.2) is 8.42 Å². The Morgan fingerprint density at radius 3 is 2.12 bits per heavy atom. The molecule has 0 aliphatic carbocycles. The first-order chi connectivity index (χ1) is 15.1. The van der Waals surface area contributed by atoms with Crippen LogP contribution >= 0.6 is 23.2 Å². The molecule has 1 heterocycles. The topological polar surface area (TPSA) is 80.8 Å². The van der Waals surface area contributed by atoms with Crippen molar-refractivity contribution in [1.82, 2.24) is 4.31 Å². The van der Waals surface area contributed by atoms with Crippen LogP contribution in [0.2, 0.25) is 10.0 Å². The molecule has 0 N–H and O–H groups in total. The van der Waals surface area contributed by atoms with E-state index in [2.05, 4.69) is 13.8 Å². The van der Waals surface area contributed by atoms with E-state index in [1.165, 1.54) is 16.4 Å². The van der Waals surface area contributed by atoms with Gasteiger partial charge in [0, 0.05) is 18.7 Å². The Balaban J connectivity index is 1.55. The summed E-state index contributed by atoms with van der Waals surface area (Å²) >= 11 is 12.1. The number of Topliss-reactive ketones (excluding diaryl/α,β-unsaturated/α-hetero) is 1. The van der Waals surface area contributed by atoms with Gasteiger partial charge in [0.2, 0.25) is 10.0 Å². The molecule has 32 heavy (non-hydrogen) atoms. The van der Waals surface area contributed by atoms with Gasteiger partial charge in [0.1, 0.15) is 4.90 Å². The molecular weight excluding hydrogens is 473 g/mol. The summed E-state index contributed by atoms with van der Waals surface area (Å²) in [6.07, 6.45) is 0.578. The lowest BCUT2D eigenvalue weighted by Crippen LogP contribution is -2.41. The summed E-state index contributed by atoms with van der Waals surface area (Å²) in [5.74, 6) is -0.883. The fraction of sp³-hybridized carbons (Fsp3) is 0.391. The highest BCUT2D eigenvalue weighted by atomic mass is 35.5. The number of rotatable bonds is 7. The average Bonchev–Trinajstić information content (AvgIpc) is 2.77. The molecule has 0 saturated carbocycles. The molecule has 1 aliphatic heterocycles. The number of carbonyl (C=O) groups excluding carboxylic acids is 2. The molecule has 0 spiro atoms. The molecule has 2 aromatic rings. The van der Waals surface area contributed by atoms with E-state index >= 15 is 0 Å². The van der Waals surface area contributed by atoms with Crippen LogP contribution in [0.25, 0.3) is 0 Å². The van der Waals surface area contributed by atoms with Gasteiger partial charge in [0.25, 0.3) is 0 Å². The van der Waals surface area contributed by atoms with Crippen molar-refractivity contribution in [3.8, 4) is 0 Å². The molecule has 1 saturated heterocycles. The van der Waals surface area contributed by atoms with Crippen molar-refractivity contribution in [1.29, 1.82) is 0 Å². The third kappa shape index (κ3) is 5.52. The first kappa shape index (κ1) is 24.7. The Bertz CT molecular complexity index is 1070. The molecule has 2 aromatic carbocycles. The predicted octanol–water partition coefficient (Wildman–Crippen LogP) is 4.94. The number of piperidine rings is 1. The number of hydrogen-bond acceptors (Lipinski definition) is 5. The molecule has 6 nitrogen and oxygen atoms in total. The van der Waals surface area contributed by atoms with Gasteiger partial charge >= 0.3 is 5.97 Å². The highest BCUT2D eigenvalue weighted by Gasteiger charge is 2.35. The van der Waals surface area contributed by atoms with E-state index in [-0.39, 0.29) is 53.3 Å². The van der Waals surface area contributed by atoms with Crippen molar-refractivity contribution in [2.45, 2.75) is 37.5 Å². The summed E-state index contributed by atoms with van der Waals surface area (Å²) in [6.45, 7) is 4.06. The molecule has 0 aromatic heterocycles. The number of carbonyl (C=O) groups is 2. The molecule has 0 bridgehead atoms. The SMILES string of the molecule is CC(C)c1ccc(C(=O)COC(=O)C2CCN(S(=O)(=O)c3c(Cl)cccc3Cl)CC2)cc1. The molecule has 0 unspecified atom stereocenters. The number of ketones is 1. The van der Waals surface area contributed by atoms with Crippen LogP contribution in [0.5, 0.6) is 0 Å². The van der Waals surface area contributed by atoms with Gasteiger partial charge < -0.3 is 4.74 Å². The highest BCUT2D eigenvalue weighted by Crippen LogP contribution is 2.33. The summed E-state index contributed by atoms with van der Waals surface area (Å²) in [5, 5.41) is 0.109. The monoisotopic (exact) mass is 497 g/mol. The lowest BCUT2D eigenvalue weighted by molar-refractivity contribution is -0.148. The largest absolute Gasteiger partial charge is 0.457 e. The third-order valence-corrected chi connectivity index (χ3v) is 8.40. The number of nitrogens with zero attached hydrogens (tertiary/aromatic N) is 1. The highest BCUT2D eigenvalue weighted by molar-refractivity contribution is 7.89. The minimum atomic E-state index is -3.88. The quantitative estimate of drug-likeness (QED) is 0.399. The van der Waals surface area contributed by atoms with Gasteiger partial charge in [-0.05, 0) is 36.5 Å². The summed E-state index contributed by atoms with van der Waals surface area (Å²) in [7, 11) is -3.88. The number of halogens is 2. The molecule has 0 amide bonds. The number of ether oxygens (including phenoxy) is 1. The van der Waals surface area contributed by atoms with E-state index in [0.29, 0.717) is 11.5 Å².